The van der Waals surface area contributed by atoms with E-state index in [2.05, 4.69) is 42.5 Å². The van der Waals surface area contributed by atoms with E-state index in [1.54, 1.807) is 0 Å². The molecule has 0 aromatic heterocycles. The fraction of sp³-hybridized carbons (Fsp3) is 0.0270. The maximum atomic E-state index is 14.5. The summed E-state index contributed by atoms with van der Waals surface area (Å²) in [6, 6.07) is 48.2. The van der Waals surface area contributed by atoms with Crippen molar-refractivity contribution < 1.29 is 4.79 Å². The van der Waals surface area contributed by atoms with Crippen molar-refractivity contribution in [3.63, 3.8) is 0 Å². The summed E-state index contributed by atoms with van der Waals surface area (Å²) in [5.74, 6) is -0.110. The molecule has 40 heavy (non-hydrogen) atoms. The first-order valence-corrected chi connectivity index (χ1v) is 13.4. The highest BCUT2D eigenvalue weighted by Gasteiger charge is 2.52. The predicted molar refractivity (Wildman–Crippen MR) is 162 cm³/mol. The summed E-state index contributed by atoms with van der Waals surface area (Å²) in [5, 5.41) is 0. The van der Waals surface area contributed by atoms with Gasteiger partial charge in [-0.15, -0.1) is 0 Å². The van der Waals surface area contributed by atoms with E-state index in [1.165, 1.54) is 0 Å². The van der Waals surface area contributed by atoms with Crippen LogP contribution in [0.3, 0.4) is 0 Å². The number of fused-ring (bicyclic) bond motifs is 3. The van der Waals surface area contributed by atoms with Crippen molar-refractivity contribution in [2.75, 3.05) is 0 Å². The van der Waals surface area contributed by atoms with E-state index in [9.17, 15) is 4.79 Å². The summed E-state index contributed by atoms with van der Waals surface area (Å²) >= 11 is 0. The van der Waals surface area contributed by atoms with Gasteiger partial charge in [0.05, 0.1) is 17.0 Å². The summed E-state index contributed by atoms with van der Waals surface area (Å²) in [5.41, 5.74) is 15.0. The molecular formula is C37H26N2O. The lowest BCUT2D eigenvalue weighted by atomic mass is 9.66. The number of rotatable bonds is 5. The zero-order valence-electron chi connectivity index (χ0n) is 21.8. The summed E-state index contributed by atoms with van der Waals surface area (Å²) in [7, 11) is 0. The Morgan fingerprint density at radius 1 is 0.600 bits per heavy atom. The largest absolute Gasteiger partial charge is 0.398 e. The molecule has 3 nitrogen and oxygen atoms in total. The van der Waals surface area contributed by atoms with Crippen LogP contribution in [0.1, 0.15) is 38.2 Å². The highest BCUT2D eigenvalue weighted by Crippen LogP contribution is 2.57. The van der Waals surface area contributed by atoms with Crippen LogP contribution in [-0.4, -0.2) is 11.5 Å². The van der Waals surface area contributed by atoms with Crippen LogP contribution in [0, 0.1) is 0 Å². The first-order chi connectivity index (χ1) is 19.7. The molecular weight excluding hydrogens is 488 g/mol. The van der Waals surface area contributed by atoms with Gasteiger partial charge in [0.25, 0.3) is 0 Å². The quantitative estimate of drug-likeness (QED) is 0.248. The summed E-state index contributed by atoms with van der Waals surface area (Å²) < 4.78 is 0. The molecule has 5 aromatic carbocycles. The van der Waals surface area contributed by atoms with Crippen molar-refractivity contribution >= 4 is 22.8 Å². The van der Waals surface area contributed by atoms with Crippen LogP contribution in [0.4, 0.5) is 0 Å². The predicted octanol–water partition coefficient (Wildman–Crippen LogP) is 7.45. The van der Waals surface area contributed by atoms with Gasteiger partial charge < -0.3 is 5.73 Å². The Balaban J connectivity index is 1.68. The Hall–Kier alpha value is -5.28. The molecule has 1 aliphatic carbocycles. The highest BCUT2D eigenvalue weighted by molar-refractivity contribution is 6.37. The standard InChI is InChI=1S/C37H26N2O/c38-34-29-23-13-14-24-30(29)37(28-21-11-4-12-22-28)33(32(34)36(40)27-19-9-3-10-20-27)31(25-15-5-1-6-16-25)35(39-37)26-17-7-2-8-18-26/h1-24H,38H2. The molecule has 7 rings (SSSR count). The Morgan fingerprint density at radius 3 is 1.77 bits per heavy atom. The monoisotopic (exact) mass is 514 g/mol. The molecule has 1 heterocycles. The zero-order chi connectivity index (χ0) is 27.1. The summed E-state index contributed by atoms with van der Waals surface area (Å²) in [6.07, 6.45) is 0. The smallest absolute Gasteiger partial charge is 0.195 e. The molecule has 0 amide bonds. The molecule has 0 fully saturated rings. The number of nitrogens with two attached hydrogens (primary N) is 1. The zero-order valence-corrected chi connectivity index (χ0v) is 21.8. The first-order valence-electron chi connectivity index (χ1n) is 13.4. The van der Waals surface area contributed by atoms with Crippen molar-refractivity contribution in [1.29, 1.82) is 0 Å². The molecule has 2 aliphatic rings. The minimum Gasteiger partial charge on any atom is -0.398 e. The molecule has 0 bridgehead atoms. The SMILES string of the molecule is NC1=C(C(=O)c2ccccc2)C2=C(c3ccccc3)C(c3ccccc3)=NC2(c2ccccc2)c2ccccc21. The average molecular weight is 515 g/mol. The van der Waals surface area contributed by atoms with Gasteiger partial charge in [0.1, 0.15) is 5.54 Å². The van der Waals surface area contributed by atoms with Gasteiger partial charge in [-0.1, -0.05) is 146 Å². The number of nitrogens with zero attached hydrogens (tertiary/aromatic N) is 1. The van der Waals surface area contributed by atoms with Gasteiger partial charge in [-0.05, 0) is 16.7 Å². The maximum Gasteiger partial charge on any atom is 0.195 e. The van der Waals surface area contributed by atoms with E-state index >= 15 is 0 Å². The molecule has 2 N–H and O–H groups in total. The van der Waals surface area contributed by atoms with E-state index < -0.39 is 5.54 Å². The van der Waals surface area contributed by atoms with E-state index in [0.29, 0.717) is 16.8 Å². The van der Waals surface area contributed by atoms with E-state index in [-0.39, 0.29) is 5.78 Å². The third-order valence-corrected chi connectivity index (χ3v) is 7.82. The summed E-state index contributed by atoms with van der Waals surface area (Å²) in [4.78, 5) is 20.2. The minimum absolute atomic E-state index is 0.110. The Labute approximate surface area is 233 Å². The van der Waals surface area contributed by atoms with Crippen molar-refractivity contribution in [3.05, 3.63) is 190 Å². The number of hydrogen-bond donors (Lipinski definition) is 1. The molecule has 0 saturated heterocycles. The van der Waals surface area contributed by atoms with Gasteiger partial charge in [0, 0.05) is 27.8 Å². The Bertz CT molecular complexity index is 1840. The van der Waals surface area contributed by atoms with E-state index in [0.717, 1.165) is 44.7 Å². The van der Waals surface area contributed by atoms with Gasteiger partial charge in [-0.2, -0.15) is 0 Å². The fourth-order valence-electron chi connectivity index (χ4n) is 6.09. The van der Waals surface area contributed by atoms with Gasteiger partial charge in [0.2, 0.25) is 0 Å². The number of carbonyl (C=O) groups excluding carboxylic acids is 1. The van der Waals surface area contributed by atoms with Crippen LogP contribution in [-0.2, 0) is 5.54 Å². The van der Waals surface area contributed by atoms with Crippen LogP contribution in [0.15, 0.2) is 162 Å². The molecule has 0 radical (unpaired) electrons. The average Bonchev–Trinajstić information content (AvgIpc) is 3.40. The molecule has 1 atom stereocenters. The van der Waals surface area contributed by atoms with Crippen LogP contribution in [0.2, 0.25) is 0 Å². The van der Waals surface area contributed by atoms with Crippen molar-refractivity contribution in [2.45, 2.75) is 5.54 Å². The van der Waals surface area contributed by atoms with Gasteiger partial charge in [0.15, 0.2) is 5.78 Å². The maximum absolute atomic E-state index is 14.5. The van der Waals surface area contributed by atoms with Crippen molar-refractivity contribution in [2.24, 2.45) is 10.7 Å². The van der Waals surface area contributed by atoms with Crippen LogP contribution in [0.5, 0.6) is 0 Å². The normalized spacial score (nSPS) is 17.8. The van der Waals surface area contributed by atoms with Crippen molar-refractivity contribution in [1.82, 2.24) is 0 Å². The number of hydrogen-bond acceptors (Lipinski definition) is 3. The molecule has 5 aromatic rings. The molecule has 1 aliphatic heterocycles. The number of Topliss-reactive ketones (excluding diaryl/α,β-unsaturated/α-hetero) is 1. The van der Waals surface area contributed by atoms with Gasteiger partial charge in [-0.3, -0.25) is 9.79 Å². The lowest BCUT2D eigenvalue weighted by molar-refractivity contribution is 0.103. The molecule has 0 spiro atoms. The van der Waals surface area contributed by atoms with Crippen molar-refractivity contribution in [3.8, 4) is 0 Å². The minimum atomic E-state index is -0.961. The number of benzene rings is 5. The van der Waals surface area contributed by atoms with E-state index in [4.69, 9.17) is 10.7 Å². The lowest BCUT2D eigenvalue weighted by Gasteiger charge is -2.38. The van der Waals surface area contributed by atoms with Crippen LogP contribution >= 0.6 is 0 Å². The van der Waals surface area contributed by atoms with Gasteiger partial charge >= 0.3 is 0 Å². The molecule has 3 heteroatoms. The van der Waals surface area contributed by atoms with Gasteiger partial charge in [-0.25, -0.2) is 0 Å². The number of carbonyl (C=O) groups is 1. The van der Waals surface area contributed by atoms with Crippen LogP contribution in [0.25, 0.3) is 11.3 Å². The second kappa shape index (κ2) is 9.48. The molecule has 190 valence electrons. The highest BCUT2D eigenvalue weighted by atomic mass is 16.1. The van der Waals surface area contributed by atoms with E-state index in [1.807, 2.05) is 103 Å². The first kappa shape index (κ1) is 23.8. The third kappa shape index (κ3) is 3.52. The molecule has 0 saturated carbocycles. The summed E-state index contributed by atoms with van der Waals surface area (Å²) in [6.45, 7) is 0. The lowest BCUT2D eigenvalue weighted by Crippen LogP contribution is -2.35. The number of aliphatic imine (C=N–C) groups is 1. The second-order valence-corrected chi connectivity index (χ2v) is 10.0. The number of ketones is 1. The topological polar surface area (TPSA) is 55.5 Å². The number of allylic oxidation sites excluding steroid dienone is 1. The van der Waals surface area contributed by atoms with Crippen LogP contribution < -0.4 is 5.73 Å². The second-order valence-electron chi connectivity index (χ2n) is 10.0. The third-order valence-electron chi connectivity index (χ3n) is 7.82. The Kier molecular flexibility index (Phi) is 5.64. The Morgan fingerprint density at radius 2 is 1.12 bits per heavy atom. The fourth-order valence-corrected chi connectivity index (χ4v) is 6.09. The molecule has 1 unspecified atom stereocenters.